The lowest BCUT2D eigenvalue weighted by molar-refractivity contribution is 1.04. The number of rotatable bonds is 1. The Morgan fingerprint density at radius 2 is 2.14 bits per heavy atom. The van der Waals surface area contributed by atoms with Gasteiger partial charge in [0.25, 0.3) is 5.56 Å². The Morgan fingerprint density at radius 1 is 1.36 bits per heavy atom. The van der Waals surface area contributed by atoms with Gasteiger partial charge in [-0.3, -0.25) is 4.79 Å². The Balaban J connectivity index is 2.76. The molecule has 2 aromatic heterocycles. The Bertz CT molecular complexity index is 518. The molecule has 0 aliphatic rings. The molecule has 2 aromatic rings. The van der Waals surface area contributed by atoms with Crippen LogP contribution in [0.1, 0.15) is 0 Å². The number of anilines is 1. The molecule has 0 bridgehead atoms. The third-order valence-electron chi connectivity index (χ3n) is 1.80. The molecule has 0 radical (unpaired) electrons. The molecule has 6 nitrogen and oxygen atoms in total. The van der Waals surface area contributed by atoms with Gasteiger partial charge in [0.1, 0.15) is 5.82 Å². The fourth-order valence-corrected chi connectivity index (χ4v) is 1.06. The van der Waals surface area contributed by atoms with Crippen molar-refractivity contribution in [3.8, 4) is 0 Å². The van der Waals surface area contributed by atoms with E-state index in [0.717, 1.165) is 0 Å². The zero-order valence-electron chi connectivity index (χ0n) is 7.85. The van der Waals surface area contributed by atoms with Gasteiger partial charge in [-0.15, -0.1) is 0 Å². The summed E-state index contributed by atoms with van der Waals surface area (Å²) >= 11 is 0. The molecule has 0 aromatic carbocycles. The molecule has 14 heavy (non-hydrogen) atoms. The summed E-state index contributed by atoms with van der Waals surface area (Å²) in [7, 11) is 3.67. The summed E-state index contributed by atoms with van der Waals surface area (Å²) in [6.07, 6.45) is 2.89. The van der Waals surface area contributed by atoms with Crippen molar-refractivity contribution in [1.29, 1.82) is 0 Å². The van der Waals surface area contributed by atoms with Crippen LogP contribution in [0.2, 0.25) is 0 Å². The number of aromatic nitrogens is 4. The molecule has 2 rings (SSSR count). The highest BCUT2D eigenvalue weighted by Gasteiger charge is 2.04. The molecule has 0 spiro atoms. The van der Waals surface area contributed by atoms with Crippen LogP contribution in [0.25, 0.3) is 11.2 Å². The number of H-pyrrole nitrogens is 1. The predicted molar refractivity (Wildman–Crippen MR) is 52.3 cm³/mol. The molecule has 72 valence electrons. The first-order valence-electron chi connectivity index (χ1n) is 4.06. The first-order valence-corrected chi connectivity index (χ1v) is 4.06. The summed E-state index contributed by atoms with van der Waals surface area (Å²) in [4.78, 5) is 27.6. The second-order valence-corrected chi connectivity index (χ2v) is 3.03. The summed E-state index contributed by atoms with van der Waals surface area (Å²) in [5.41, 5.74) is 0.351. The summed E-state index contributed by atoms with van der Waals surface area (Å²) < 4.78 is 0. The van der Waals surface area contributed by atoms with Crippen molar-refractivity contribution in [3.63, 3.8) is 0 Å². The van der Waals surface area contributed by atoms with Crippen LogP contribution < -0.4 is 10.5 Å². The topological polar surface area (TPSA) is 74.8 Å². The van der Waals surface area contributed by atoms with Crippen molar-refractivity contribution in [1.82, 2.24) is 19.9 Å². The Labute approximate surface area is 79.6 Å². The SMILES string of the molecule is CN(C)c1cnc2nc[nH]c(=O)c2n1. The van der Waals surface area contributed by atoms with Crippen LogP contribution in [-0.4, -0.2) is 34.0 Å². The van der Waals surface area contributed by atoms with Crippen molar-refractivity contribution in [3.05, 3.63) is 22.9 Å². The minimum atomic E-state index is -0.272. The van der Waals surface area contributed by atoms with Crippen LogP contribution in [0.15, 0.2) is 17.3 Å². The number of fused-ring (bicyclic) bond motifs is 1. The van der Waals surface area contributed by atoms with Gasteiger partial charge in [0.2, 0.25) is 0 Å². The van der Waals surface area contributed by atoms with Crippen molar-refractivity contribution in [2.24, 2.45) is 0 Å². The van der Waals surface area contributed by atoms with Gasteiger partial charge in [0, 0.05) is 14.1 Å². The summed E-state index contributed by atoms with van der Waals surface area (Å²) in [6.45, 7) is 0. The normalized spacial score (nSPS) is 10.4. The molecule has 2 heterocycles. The Hall–Kier alpha value is -1.98. The summed E-state index contributed by atoms with van der Waals surface area (Å²) in [5.74, 6) is 0.635. The molecule has 0 unspecified atom stereocenters. The second kappa shape index (κ2) is 3.06. The monoisotopic (exact) mass is 191 g/mol. The van der Waals surface area contributed by atoms with Gasteiger partial charge >= 0.3 is 0 Å². The van der Waals surface area contributed by atoms with Gasteiger partial charge in [-0.05, 0) is 0 Å². The standard InChI is InChI=1S/C8H9N5O/c1-13(2)5-3-9-7-6(12-5)8(14)11-4-10-7/h3-4H,1-2H3,(H,9,10,11,14). The molecule has 0 aliphatic carbocycles. The van der Waals surface area contributed by atoms with Gasteiger partial charge in [-0.1, -0.05) is 0 Å². The molecule has 1 N–H and O–H groups in total. The molecule has 0 atom stereocenters. The zero-order chi connectivity index (χ0) is 10.1. The van der Waals surface area contributed by atoms with Crippen LogP contribution in [0, 0.1) is 0 Å². The highest BCUT2D eigenvalue weighted by atomic mass is 16.1. The number of nitrogens with one attached hydrogen (secondary N) is 1. The highest BCUT2D eigenvalue weighted by molar-refractivity contribution is 5.69. The minimum Gasteiger partial charge on any atom is -0.361 e. The summed E-state index contributed by atoms with van der Waals surface area (Å²) in [6, 6.07) is 0. The number of aromatic amines is 1. The third-order valence-corrected chi connectivity index (χ3v) is 1.80. The molecular formula is C8H9N5O. The lowest BCUT2D eigenvalue weighted by Crippen LogP contribution is -2.15. The third kappa shape index (κ3) is 1.30. The van der Waals surface area contributed by atoms with E-state index in [1.165, 1.54) is 6.33 Å². The van der Waals surface area contributed by atoms with E-state index >= 15 is 0 Å². The quantitative estimate of drug-likeness (QED) is 0.674. The lowest BCUT2D eigenvalue weighted by atomic mass is 10.5. The first kappa shape index (κ1) is 8.61. The lowest BCUT2D eigenvalue weighted by Gasteiger charge is -2.09. The predicted octanol–water partition coefficient (Wildman–Crippen LogP) is -0.221. The molecule has 6 heteroatoms. The largest absolute Gasteiger partial charge is 0.361 e. The molecule has 0 saturated heterocycles. The molecule has 0 saturated carbocycles. The van der Waals surface area contributed by atoms with Crippen LogP contribution >= 0.6 is 0 Å². The van der Waals surface area contributed by atoms with Gasteiger partial charge in [0.05, 0.1) is 12.5 Å². The smallest absolute Gasteiger partial charge is 0.278 e. The van der Waals surface area contributed by atoms with Crippen molar-refractivity contribution in [2.75, 3.05) is 19.0 Å². The number of hydrogen-bond acceptors (Lipinski definition) is 5. The van der Waals surface area contributed by atoms with E-state index in [1.54, 1.807) is 11.1 Å². The average molecular weight is 191 g/mol. The molecule has 0 amide bonds. The highest BCUT2D eigenvalue weighted by Crippen LogP contribution is 2.07. The van der Waals surface area contributed by atoms with Crippen molar-refractivity contribution >= 4 is 17.0 Å². The van der Waals surface area contributed by atoms with E-state index < -0.39 is 0 Å². The van der Waals surface area contributed by atoms with Gasteiger partial charge < -0.3 is 9.88 Å². The molecule has 0 fully saturated rings. The van der Waals surface area contributed by atoms with E-state index in [0.29, 0.717) is 11.5 Å². The van der Waals surface area contributed by atoms with Gasteiger partial charge in [-0.25, -0.2) is 15.0 Å². The molecular weight excluding hydrogens is 182 g/mol. The Kier molecular flexibility index (Phi) is 1.88. The van der Waals surface area contributed by atoms with E-state index in [2.05, 4.69) is 19.9 Å². The number of nitrogens with zero attached hydrogens (tertiary/aromatic N) is 4. The first-order chi connectivity index (χ1) is 6.68. The fraction of sp³-hybridized carbons (Fsp3) is 0.250. The fourth-order valence-electron chi connectivity index (χ4n) is 1.06. The van der Waals surface area contributed by atoms with E-state index in [-0.39, 0.29) is 11.1 Å². The maximum Gasteiger partial charge on any atom is 0.278 e. The zero-order valence-corrected chi connectivity index (χ0v) is 7.85. The summed E-state index contributed by atoms with van der Waals surface area (Å²) in [5, 5.41) is 0. The Morgan fingerprint density at radius 3 is 2.86 bits per heavy atom. The van der Waals surface area contributed by atoms with E-state index in [9.17, 15) is 4.79 Å². The van der Waals surface area contributed by atoms with Gasteiger partial charge in [-0.2, -0.15) is 0 Å². The van der Waals surface area contributed by atoms with Crippen molar-refractivity contribution in [2.45, 2.75) is 0 Å². The van der Waals surface area contributed by atoms with Crippen LogP contribution in [0.4, 0.5) is 5.82 Å². The van der Waals surface area contributed by atoms with Gasteiger partial charge in [0.15, 0.2) is 11.2 Å². The average Bonchev–Trinajstić information content (AvgIpc) is 2.18. The maximum absolute atomic E-state index is 11.3. The van der Waals surface area contributed by atoms with Crippen molar-refractivity contribution < 1.29 is 0 Å². The van der Waals surface area contributed by atoms with E-state index in [1.807, 2.05) is 14.1 Å². The van der Waals surface area contributed by atoms with E-state index in [4.69, 9.17) is 0 Å². The molecule has 0 aliphatic heterocycles. The maximum atomic E-state index is 11.3. The van der Waals surface area contributed by atoms with Crippen LogP contribution in [0.3, 0.4) is 0 Å². The second-order valence-electron chi connectivity index (χ2n) is 3.03. The van der Waals surface area contributed by atoms with Crippen LogP contribution in [-0.2, 0) is 0 Å². The van der Waals surface area contributed by atoms with Crippen LogP contribution in [0.5, 0.6) is 0 Å². The number of hydrogen-bond donors (Lipinski definition) is 1. The minimum absolute atomic E-state index is 0.263.